The van der Waals surface area contributed by atoms with Crippen LogP contribution in [0, 0.1) is 0 Å². The van der Waals surface area contributed by atoms with Crippen LogP contribution in [0.2, 0.25) is 0 Å². The van der Waals surface area contributed by atoms with Crippen molar-refractivity contribution in [2.45, 2.75) is 13.1 Å². The third-order valence-corrected chi connectivity index (χ3v) is 4.08. The summed E-state index contributed by atoms with van der Waals surface area (Å²) >= 11 is 1.82. The molecule has 5 heteroatoms. The first kappa shape index (κ1) is 13.0. The molecule has 0 amide bonds. The molecule has 0 fully saturated rings. The maximum absolute atomic E-state index is 4.24. The SMILES string of the molecule is Cn1cnc(CNCc2ccc(-c3ccccc3)s2)n1. The van der Waals surface area contributed by atoms with E-state index in [-0.39, 0.29) is 0 Å². The van der Waals surface area contributed by atoms with Crippen LogP contribution < -0.4 is 5.32 Å². The lowest BCUT2D eigenvalue weighted by atomic mass is 10.2. The fraction of sp³-hybridized carbons (Fsp3) is 0.200. The topological polar surface area (TPSA) is 42.7 Å². The van der Waals surface area contributed by atoms with Gasteiger partial charge in [-0.15, -0.1) is 11.3 Å². The fourth-order valence-electron chi connectivity index (χ4n) is 1.99. The van der Waals surface area contributed by atoms with E-state index < -0.39 is 0 Å². The van der Waals surface area contributed by atoms with Crippen LogP contribution in [0.5, 0.6) is 0 Å². The molecule has 0 bridgehead atoms. The Kier molecular flexibility index (Phi) is 3.90. The standard InChI is InChI=1S/C15H16N4S/c1-19-11-17-15(18-19)10-16-9-13-7-8-14(20-13)12-5-3-2-4-6-12/h2-8,11,16H,9-10H2,1H3. The summed E-state index contributed by atoms with van der Waals surface area (Å²) in [5, 5.41) is 7.61. The van der Waals surface area contributed by atoms with E-state index in [2.05, 4.69) is 51.8 Å². The number of hydrogen-bond donors (Lipinski definition) is 1. The highest BCUT2D eigenvalue weighted by Gasteiger charge is 2.03. The maximum Gasteiger partial charge on any atom is 0.164 e. The predicted octanol–water partition coefficient (Wildman–Crippen LogP) is 2.83. The average molecular weight is 284 g/mol. The van der Waals surface area contributed by atoms with E-state index in [1.165, 1.54) is 15.3 Å². The molecule has 0 saturated heterocycles. The maximum atomic E-state index is 4.24. The first-order valence-corrected chi connectivity index (χ1v) is 7.32. The molecule has 0 aliphatic rings. The number of aryl methyl sites for hydroxylation is 1. The van der Waals surface area contributed by atoms with E-state index in [9.17, 15) is 0 Å². The Balaban J connectivity index is 1.58. The minimum Gasteiger partial charge on any atom is -0.305 e. The Labute approximate surface area is 122 Å². The van der Waals surface area contributed by atoms with E-state index in [0.29, 0.717) is 6.54 Å². The van der Waals surface area contributed by atoms with E-state index in [1.54, 1.807) is 11.0 Å². The van der Waals surface area contributed by atoms with Crippen LogP contribution in [-0.2, 0) is 20.1 Å². The summed E-state index contributed by atoms with van der Waals surface area (Å²) in [6, 6.07) is 14.8. The van der Waals surface area contributed by atoms with Crippen molar-refractivity contribution in [3.63, 3.8) is 0 Å². The van der Waals surface area contributed by atoms with Crippen molar-refractivity contribution < 1.29 is 0 Å². The minimum atomic E-state index is 0.694. The molecule has 102 valence electrons. The summed E-state index contributed by atoms with van der Waals surface area (Å²) in [4.78, 5) is 6.82. The Morgan fingerprint density at radius 1 is 1.10 bits per heavy atom. The largest absolute Gasteiger partial charge is 0.305 e. The molecule has 0 radical (unpaired) electrons. The van der Waals surface area contributed by atoms with Gasteiger partial charge in [-0.2, -0.15) is 5.10 Å². The molecular formula is C15H16N4S. The number of aromatic nitrogens is 3. The Morgan fingerprint density at radius 2 is 1.95 bits per heavy atom. The third kappa shape index (κ3) is 3.12. The van der Waals surface area contributed by atoms with Gasteiger partial charge in [0.2, 0.25) is 0 Å². The Morgan fingerprint density at radius 3 is 2.70 bits per heavy atom. The van der Waals surface area contributed by atoms with E-state index in [1.807, 2.05) is 24.5 Å². The van der Waals surface area contributed by atoms with Crippen LogP contribution in [0.3, 0.4) is 0 Å². The van der Waals surface area contributed by atoms with Gasteiger partial charge >= 0.3 is 0 Å². The zero-order valence-electron chi connectivity index (χ0n) is 11.3. The number of hydrogen-bond acceptors (Lipinski definition) is 4. The van der Waals surface area contributed by atoms with Gasteiger partial charge in [-0.25, -0.2) is 4.98 Å². The van der Waals surface area contributed by atoms with Crippen LogP contribution in [0.1, 0.15) is 10.7 Å². The monoisotopic (exact) mass is 284 g/mol. The van der Waals surface area contributed by atoms with Gasteiger partial charge in [0, 0.05) is 23.3 Å². The Hall–Kier alpha value is -1.98. The van der Waals surface area contributed by atoms with Gasteiger partial charge in [0.25, 0.3) is 0 Å². The Bertz CT molecular complexity index is 672. The van der Waals surface area contributed by atoms with Crippen molar-refractivity contribution in [3.05, 3.63) is 59.5 Å². The molecule has 0 unspecified atom stereocenters. The highest BCUT2D eigenvalue weighted by atomic mass is 32.1. The van der Waals surface area contributed by atoms with Crippen molar-refractivity contribution in [1.82, 2.24) is 20.1 Å². The number of nitrogens with one attached hydrogen (secondary N) is 1. The van der Waals surface area contributed by atoms with Crippen LogP contribution in [0.25, 0.3) is 10.4 Å². The van der Waals surface area contributed by atoms with Crippen LogP contribution in [-0.4, -0.2) is 14.8 Å². The van der Waals surface area contributed by atoms with Crippen molar-refractivity contribution >= 4 is 11.3 Å². The van der Waals surface area contributed by atoms with E-state index >= 15 is 0 Å². The van der Waals surface area contributed by atoms with Gasteiger partial charge in [-0.3, -0.25) is 4.68 Å². The molecule has 1 aromatic carbocycles. The van der Waals surface area contributed by atoms with Crippen molar-refractivity contribution in [3.8, 4) is 10.4 Å². The third-order valence-electron chi connectivity index (χ3n) is 2.95. The van der Waals surface area contributed by atoms with Gasteiger partial charge in [0.05, 0.1) is 6.54 Å². The van der Waals surface area contributed by atoms with E-state index in [0.717, 1.165) is 12.4 Å². The molecule has 2 aromatic heterocycles. The fourth-order valence-corrected chi connectivity index (χ4v) is 2.98. The molecule has 3 rings (SSSR count). The number of nitrogens with zero attached hydrogens (tertiary/aromatic N) is 3. The number of thiophene rings is 1. The van der Waals surface area contributed by atoms with Gasteiger partial charge in [-0.1, -0.05) is 30.3 Å². The molecule has 3 aromatic rings. The summed E-state index contributed by atoms with van der Waals surface area (Å²) in [5.41, 5.74) is 1.27. The molecular weight excluding hydrogens is 268 g/mol. The van der Waals surface area contributed by atoms with Crippen LogP contribution in [0.4, 0.5) is 0 Å². The van der Waals surface area contributed by atoms with E-state index in [4.69, 9.17) is 0 Å². The van der Waals surface area contributed by atoms with Crippen molar-refractivity contribution in [2.75, 3.05) is 0 Å². The first-order valence-electron chi connectivity index (χ1n) is 6.50. The second-order valence-electron chi connectivity index (χ2n) is 4.57. The highest BCUT2D eigenvalue weighted by Crippen LogP contribution is 2.27. The quantitative estimate of drug-likeness (QED) is 0.783. The molecule has 0 spiro atoms. The second kappa shape index (κ2) is 5.98. The lowest BCUT2D eigenvalue weighted by Crippen LogP contribution is -2.13. The summed E-state index contributed by atoms with van der Waals surface area (Å²) in [5.74, 6) is 0.826. The zero-order valence-corrected chi connectivity index (χ0v) is 12.1. The van der Waals surface area contributed by atoms with Crippen LogP contribution >= 0.6 is 11.3 Å². The normalized spacial score (nSPS) is 10.8. The summed E-state index contributed by atoms with van der Waals surface area (Å²) in [7, 11) is 1.88. The van der Waals surface area contributed by atoms with Gasteiger partial charge < -0.3 is 5.32 Å². The first-order chi connectivity index (χ1) is 9.81. The van der Waals surface area contributed by atoms with Gasteiger partial charge in [0.15, 0.2) is 5.82 Å². The molecule has 0 aliphatic heterocycles. The van der Waals surface area contributed by atoms with Crippen molar-refractivity contribution in [2.24, 2.45) is 7.05 Å². The average Bonchev–Trinajstić information content (AvgIpc) is 3.09. The molecule has 0 atom stereocenters. The molecule has 20 heavy (non-hydrogen) atoms. The number of rotatable bonds is 5. The van der Waals surface area contributed by atoms with Gasteiger partial charge in [0.1, 0.15) is 6.33 Å². The zero-order chi connectivity index (χ0) is 13.8. The molecule has 4 nitrogen and oxygen atoms in total. The minimum absolute atomic E-state index is 0.694. The number of benzene rings is 1. The molecule has 0 saturated carbocycles. The summed E-state index contributed by atoms with van der Waals surface area (Å²) < 4.78 is 1.72. The molecule has 0 aliphatic carbocycles. The summed E-state index contributed by atoms with van der Waals surface area (Å²) in [6.07, 6.45) is 1.72. The smallest absolute Gasteiger partial charge is 0.164 e. The van der Waals surface area contributed by atoms with Crippen molar-refractivity contribution in [1.29, 1.82) is 0 Å². The lowest BCUT2D eigenvalue weighted by molar-refractivity contribution is 0.654. The molecule has 2 heterocycles. The van der Waals surface area contributed by atoms with Crippen LogP contribution in [0.15, 0.2) is 48.8 Å². The predicted molar refractivity (Wildman–Crippen MR) is 81.3 cm³/mol. The summed E-state index contributed by atoms with van der Waals surface area (Å²) in [6.45, 7) is 1.54. The molecule has 1 N–H and O–H groups in total. The second-order valence-corrected chi connectivity index (χ2v) is 5.74. The highest BCUT2D eigenvalue weighted by molar-refractivity contribution is 7.15. The van der Waals surface area contributed by atoms with Gasteiger partial charge in [-0.05, 0) is 17.7 Å². The lowest BCUT2D eigenvalue weighted by Gasteiger charge is -1.99.